The lowest BCUT2D eigenvalue weighted by Gasteiger charge is -2.14. The van der Waals surface area contributed by atoms with Crippen molar-refractivity contribution in [1.82, 2.24) is 15.4 Å². The summed E-state index contributed by atoms with van der Waals surface area (Å²) in [5.74, 6) is 1.16. The molecule has 1 heterocycles. The Balaban J connectivity index is 1.35. The van der Waals surface area contributed by atoms with Crippen molar-refractivity contribution in [3.8, 4) is 11.5 Å². The van der Waals surface area contributed by atoms with Crippen LogP contribution in [0.2, 0.25) is 0 Å². The van der Waals surface area contributed by atoms with Gasteiger partial charge in [0.25, 0.3) is 5.91 Å². The third-order valence-electron chi connectivity index (χ3n) is 4.74. The summed E-state index contributed by atoms with van der Waals surface area (Å²) in [6, 6.07) is 19.3. The first-order chi connectivity index (χ1) is 17.0. The summed E-state index contributed by atoms with van der Waals surface area (Å²) in [5.41, 5.74) is 6.15. The Bertz CT molecular complexity index is 1310. The molecule has 3 aromatic carbocycles. The summed E-state index contributed by atoms with van der Waals surface area (Å²) in [4.78, 5) is 19.8. The minimum atomic E-state index is -0.231. The van der Waals surface area contributed by atoms with Crippen molar-refractivity contribution in [3.63, 3.8) is 0 Å². The van der Waals surface area contributed by atoms with Gasteiger partial charge in [0.05, 0.1) is 34.1 Å². The van der Waals surface area contributed by atoms with E-state index in [4.69, 9.17) is 9.47 Å². The van der Waals surface area contributed by atoms with Gasteiger partial charge in [-0.3, -0.25) is 4.79 Å². The monoisotopic (exact) mass is 616 g/mol. The number of ether oxygens (including phenoxy) is 2. The van der Waals surface area contributed by atoms with Crippen LogP contribution in [-0.4, -0.2) is 34.4 Å². The number of hydrogen-bond acceptors (Lipinski definition) is 6. The molecule has 180 valence electrons. The van der Waals surface area contributed by atoms with Crippen LogP contribution < -0.4 is 14.9 Å². The summed E-state index contributed by atoms with van der Waals surface area (Å²) < 4.78 is 13.6. The average molecular weight is 618 g/mol. The van der Waals surface area contributed by atoms with Gasteiger partial charge in [-0.15, -0.1) is 0 Å². The number of carbonyl (C=O) groups is 1. The number of aromatic amines is 1. The number of halogens is 2. The van der Waals surface area contributed by atoms with E-state index >= 15 is 0 Å². The number of H-pyrrole nitrogens is 1. The van der Waals surface area contributed by atoms with E-state index in [1.54, 1.807) is 6.21 Å². The number of nitrogens with one attached hydrogen (secondary N) is 2. The van der Waals surface area contributed by atoms with Gasteiger partial charge in [-0.1, -0.05) is 52.0 Å². The molecule has 0 fully saturated rings. The number of rotatable bonds is 10. The minimum absolute atomic E-state index is 0.188. The van der Waals surface area contributed by atoms with Gasteiger partial charge in [-0.2, -0.15) is 5.10 Å². The highest BCUT2D eigenvalue weighted by Gasteiger charge is 2.13. The third kappa shape index (κ3) is 7.09. The van der Waals surface area contributed by atoms with Gasteiger partial charge in [-0.05, 0) is 70.4 Å². The fourth-order valence-corrected chi connectivity index (χ4v) is 4.66. The molecule has 0 aliphatic heterocycles. The molecule has 0 unspecified atom stereocenters. The van der Waals surface area contributed by atoms with E-state index in [1.807, 2.05) is 67.6 Å². The molecule has 35 heavy (non-hydrogen) atoms. The van der Waals surface area contributed by atoms with E-state index in [1.165, 1.54) is 11.8 Å². The lowest BCUT2D eigenvalue weighted by molar-refractivity contribution is -0.118. The normalized spacial score (nSPS) is 11.2. The number of hydrogen-bond donors (Lipinski definition) is 2. The molecular formula is C25H22Br2N4O3S. The summed E-state index contributed by atoms with van der Waals surface area (Å²) >= 11 is 8.32. The van der Waals surface area contributed by atoms with Gasteiger partial charge in [0, 0.05) is 4.47 Å². The van der Waals surface area contributed by atoms with Gasteiger partial charge in [0.15, 0.2) is 16.7 Å². The number of thioether (sulfide) groups is 1. The SMILES string of the molecule is CCOc1cc(/C=N/NC(=O)CSc2nc3ccccc3[nH]2)cc(Br)c1OCc1ccc(Br)cc1. The van der Waals surface area contributed by atoms with Gasteiger partial charge in [0.2, 0.25) is 0 Å². The quantitative estimate of drug-likeness (QED) is 0.124. The molecule has 7 nitrogen and oxygen atoms in total. The smallest absolute Gasteiger partial charge is 0.250 e. The van der Waals surface area contributed by atoms with Crippen LogP contribution in [0.25, 0.3) is 11.0 Å². The van der Waals surface area contributed by atoms with Gasteiger partial charge in [0.1, 0.15) is 6.61 Å². The first kappa shape index (κ1) is 25.3. The first-order valence-electron chi connectivity index (χ1n) is 10.7. The van der Waals surface area contributed by atoms with Crippen LogP contribution in [0.3, 0.4) is 0 Å². The second kappa shape index (κ2) is 12.2. The fourth-order valence-electron chi connectivity index (χ4n) is 3.14. The van der Waals surface area contributed by atoms with Crippen LogP contribution in [0.15, 0.2) is 79.9 Å². The highest BCUT2D eigenvalue weighted by Crippen LogP contribution is 2.37. The summed E-state index contributed by atoms with van der Waals surface area (Å²) in [6.07, 6.45) is 1.57. The number of aromatic nitrogens is 2. The second-order valence-corrected chi connectivity index (χ2v) is 10.1. The molecule has 2 N–H and O–H groups in total. The molecule has 0 saturated carbocycles. The van der Waals surface area contributed by atoms with E-state index in [-0.39, 0.29) is 11.7 Å². The number of para-hydroxylation sites is 2. The molecule has 1 amide bonds. The van der Waals surface area contributed by atoms with Crippen molar-refractivity contribution in [3.05, 3.63) is 80.7 Å². The van der Waals surface area contributed by atoms with Crippen molar-refractivity contribution in [2.75, 3.05) is 12.4 Å². The van der Waals surface area contributed by atoms with Crippen LogP contribution in [0.5, 0.6) is 11.5 Å². The summed E-state index contributed by atoms with van der Waals surface area (Å²) in [6.45, 7) is 2.79. The Morgan fingerprint density at radius 2 is 1.94 bits per heavy atom. The lowest BCUT2D eigenvalue weighted by Crippen LogP contribution is -2.19. The minimum Gasteiger partial charge on any atom is -0.490 e. The van der Waals surface area contributed by atoms with Gasteiger partial charge in [-0.25, -0.2) is 10.4 Å². The summed E-state index contributed by atoms with van der Waals surface area (Å²) in [5, 5.41) is 4.77. The van der Waals surface area contributed by atoms with Crippen LogP contribution in [0.1, 0.15) is 18.1 Å². The van der Waals surface area contributed by atoms with Crippen molar-refractivity contribution >= 4 is 66.8 Å². The van der Waals surface area contributed by atoms with Crippen LogP contribution in [0.4, 0.5) is 0 Å². The Kier molecular flexibility index (Phi) is 8.84. The molecular weight excluding hydrogens is 596 g/mol. The van der Waals surface area contributed by atoms with E-state index in [9.17, 15) is 4.79 Å². The maximum Gasteiger partial charge on any atom is 0.250 e. The molecule has 10 heteroatoms. The topological polar surface area (TPSA) is 88.6 Å². The predicted octanol–water partition coefficient (Wildman–Crippen LogP) is 6.31. The molecule has 0 saturated heterocycles. The second-order valence-electron chi connectivity index (χ2n) is 7.32. The number of fused-ring (bicyclic) bond motifs is 1. The predicted molar refractivity (Wildman–Crippen MR) is 146 cm³/mol. The fraction of sp³-hybridized carbons (Fsp3) is 0.160. The molecule has 0 atom stereocenters. The van der Waals surface area contributed by atoms with E-state index in [2.05, 4.69) is 52.4 Å². The third-order valence-corrected chi connectivity index (χ3v) is 6.73. The molecule has 0 radical (unpaired) electrons. The largest absolute Gasteiger partial charge is 0.490 e. The molecule has 0 spiro atoms. The summed E-state index contributed by atoms with van der Waals surface area (Å²) in [7, 11) is 0. The molecule has 0 bridgehead atoms. The highest BCUT2D eigenvalue weighted by atomic mass is 79.9. The number of hydrazone groups is 1. The van der Waals surface area contributed by atoms with E-state index in [0.717, 1.165) is 31.1 Å². The van der Waals surface area contributed by atoms with Crippen molar-refractivity contribution in [1.29, 1.82) is 0 Å². The Labute approximate surface area is 224 Å². The van der Waals surface area contributed by atoms with Crippen molar-refractivity contribution in [2.24, 2.45) is 5.10 Å². The highest BCUT2D eigenvalue weighted by molar-refractivity contribution is 9.10. The molecule has 0 aliphatic rings. The molecule has 1 aromatic heterocycles. The number of imidazole rings is 1. The molecule has 4 rings (SSSR count). The number of benzene rings is 3. The van der Waals surface area contributed by atoms with Gasteiger partial charge >= 0.3 is 0 Å². The Morgan fingerprint density at radius 1 is 1.14 bits per heavy atom. The van der Waals surface area contributed by atoms with E-state index in [0.29, 0.717) is 29.9 Å². The standard InChI is InChI=1S/C25H22Br2N4O3S/c1-2-33-22-12-17(11-19(27)24(22)34-14-16-7-9-18(26)10-8-16)13-28-31-23(32)15-35-25-29-20-5-3-4-6-21(20)30-25/h3-13H,2,14-15H2,1H3,(H,29,30)(H,31,32)/b28-13+. The van der Waals surface area contributed by atoms with Crippen LogP contribution in [0, 0.1) is 0 Å². The molecule has 0 aliphatic carbocycles. The zero-order valence-corrected chi connectivity index (χ0v) is 22.7. The van der Waals surface area contributed by atoms with E-state index < -0.39 is 0 Å². The number of nitrogens with zero attached hydrogens (tertiary/aromatic N) is 2. The lowest BCUT2D eigenvalue weighted by atomic mass is 10.2. The van der Waals surface area contributed by atoms with Crippen molar-refractivity contribution < 1.29 is 14.3 Å². The number of amides is 1. The van der Waals surface area contributed by atoms with Crippen LogP contribution in [-0.2, 0) is 11.4 Å². The maximum atomic E-state index is 12.2. The zero-order chi connectivity index (χ0) is 24.6. The van der Waals surface area contributed by atoms with Crippen molar-refractivity contribution in [2.45, 2.75) is 18.7 Å². The Hall–Kier alpha value is -2.82. The Morgan fingerprint density at radius 3 is 2.71 bits per heavy atom. The first-order valence-corrected chi connectivity index (χ1v) is 13.3. The maximum absolute atomic E-state index is 12.2. The zero-order valence-electron chi connectivity index (χ0n) is 18.8. The van der Waals surface area contributed by atoms with Gasteiger partial charge < -0.3 is 14.5 Å². The number of carbonyl (C=O) groups excluding carboxylic acids is 1. The average Bonchev–Trinajstić information content (AvgIpc) is 3.27. The molecule has 4 aromatic rings. The van der Waals surface area contributed by atoms with Crippen LogP contribution >= 0.6 is 43.6 Å².